The van der Waals surface area contributed by atoms with Gasteiger partial charge in [0.05, 0.1) is 10.5 Å². The zero-order chi connectivity index (χ0) is 16.2. The molecule has 1 aromatic rings. The van der Waals surface area contributed by atoms with E-state index in [2.05, 4.69) is 4.98 Å². The number of amides is 1. The molecular weight excluding hydrogens is 310 g/mol. The number of nitro groups is 1. The van der Waals surface area contributed by atoms with Crippen LogP contribution in [0.3, 0.4) is 0 Å². The van der Waals surface area contributed by atoms with E-state index in [-0.39, 0.29) is 0 Å². The quantitative estimate of drug-likeness (QED) is 0.430. The second kappa shape index (κ2) is 6.61. The van der Waals surface area contributed by atoms with Crippen LogP contribution < -0.4 is 0 Å². The molecule has 0 aliphatic heterocycles. The van der Waals surface area contributed by atoms with Gasteiger partial charge >= 0.3 is 11.9 Å². The molecule has 1 aromatic heterocycles. The minimum absolute atomic E-state index is 0.397. The van der Waals surface area contributed by atoms with Crippen molar-refractivity contribution in [2.75, 3.05) is 13.1 Å². The molecule has 0 saturated carbocycles. The molecule has 0 atom stereocenters. The molecule has 21 heavy (non-hydrogen) atoms. The summed E-state index contributed by atoms with van der Waals surface area (Å²) < 4.78 is 0. The first-order valence-electron chi connectivity index (χ1n) is 5.25. The van der Waals surface area contributed by atoms with Crippen LogP contribution in [-0.2, 0) is 9.59 Å². The number of rotatable bonds is 6. The van der Waals surface area contributed by atoms with Gasteiger partial charge in [0.2, 0.25) is 0 Å². The first-order valence-corrected chi connectivity index (χ1v) is 5.63. The van der Waals surface area contributed by atoms with E-state index >= 15 is 0 Å². The number of carboxylic acids is 2. The average molecular weight is 318 g/mol. The van der Waals surface area contributed by atoms with Gasteiger partial charge in [-0.2, -0.15) is 0 Å². The summed E-state index contributed by atoms with van der Waals surface area (Å²) in [6, 6.07) is 0.800. The van der Waals surface area contributed by atoms with Crippen molar-refractivity contribution in [1.29, 1.82) is 0 Å². The number of carbonyl (C=O) groups is 3. The molecule has 0 spiro atoms. The number of halogens is 1. The summed E-state index contributed by atoms with van der Waals surface area (Å²) >= 11 is 5.64. The molecule has 0 aromatic carbocycles. The minimum Gasteiger partial charge on any atom is -0.480 e. The molecule has 0 aliphatic rings. The van der Waals surface area contributed by atoms with Crippen LogP contribution in [0.4, 0.5) is 5.69 Å². The molecule has 0 saturated heterocycles. The van der Waals surface area contributed by atoms with Crippen LogP contribution in [0.2, 0.25) is 5.15 Å². The molecule has 1 rings (SSSR count). The number of aliphatic carboxylic acids is 2. The Morgan fingerprint density at radius 2 is 1.81 bits per heavy atom. The summed E-state index contributed by atoms with van der Waals surface area (Å²) in [7, 11) is 0. The van der Waals surface area contributed by atoms with Gasteiger partial charge in [-0.25, -0.2) is 4.98 Å². The summed E-state index contributed by atoms with van der Waals surface area (Å²) in [5.41, 5.74) is -0.985. The number of hydrogen-bond acceptors (Lipinski definition) is 6. The van der Waals surface area contributed by atoms with Crippen LogP contribution in [0.15, 0.2) is 12.3 Å². The van der Waals surface area contributed by atoms with E-state index in [0.717, 1.165) is 12.3 Å². The van der Waals surface area contributed by atoms with Crippen LogP contribution in [-0.4, -0.2) is 56.0 Å². The second-order valence-corrected chi connectivity index (χ2v) is 4.10. The Kier molecular flexibility index (Phi) is 5.13. The number of pyridine rings is 1. The summed E-state index contributed by atoms with van der Waals surface area (Å²) in [5.74, 6) is -3.97. The van der Waals surface area contributed by atoms with E-state index in [1.807, 2.05) is 0 Å². The molecule has 11 heteroatoms. The van der Waals surface area contributed by atoms with Gasteiger partial charge in [0.25, 0.3) is 11.6 Å². The molecule has 2 N–H and O–H groups in total. The van der Waals surface area contributed by atoms with Gasteiger partial charge in [0, 0.05) is 6.07 Å². The molecule has 0 bridgehead atoms. The number of nitrogens with zero attached hydrogens (tertiary/aromatic N) is 3. The summed E-state index contributed by atoms with van der Waals surface area (Å²) in [6.45, 7) is -1.80. The van der Waals surface area contributed by atoms with Gasteiger partial charge in [0.1, 0.15) is 24.4 Å². The predicted molar refractivity (Wildman–Crippen MR) is 67.1 cm³/mol. The number of carboxylic acid groups (broad SMARTS) is 2. The third-order valence-corrected chi connectivity index (χ3v) is 2.51. The lowest BCUT2D eigenvalue weighted by Gasteiger charge is -2.18. The average Bonchev–Trinajstić information content (AvgIpc) is 2.36. The first kappa shape index (κ1) is 16.3. The first-order chi connectivity index (χ1) is 9.72. The SMILES string of the molecule is O=C(O)CN(CC(=O)O)C(=O)c1cc([N+](=O)[O-])cnc1Cl. The van der Waals surface area contributed by atoms with Crippen molar-refractivity contribution in [2.45, 2.75) is 0 Å². The van der Waals surface area contributed by atoms with Crippen LogP contribution in [0.25, 0.3) is 0 Å². The maximum absolute atomic E-state index is 12.1. The molecule has 0 aliphatic carbocycles. The van der Waals surface area contributed by atoms with Gasteiger partial charge in [0.15, 0.2) is 0 Å². The monoisotopic (exact) mass is 317 g/mol. The van der Waals surface area contributed by atoms with E-state index in [0.29, 0.717) is 4.90 Å². The highest BCUT2D eigenvalue weighted by atomic mass is 35.5. The minimum atomic E-state index is -1.45. The maximum atomic E-state index is 12.1. The molecule has 0 radical (unpaired) electrons. The zero-order valence-electron chi connectivity index (χ0n) is 10.2. The third kappa shape index (κ3) is 4.38. The van der Waals surface area contributed by atoms with Gasteiger partial charge in [-0.1, -0.05) is 11.6 Å². The Balaban J connectivity index is 3.18. The van der Waals surface area contributed by atoms with Crippen molar-refractivity contribution in [1.82, 2.24) is 9.88 Å². The largest absolute Gasteiger partial charge is 0.480 e. The Morgan fingerprint density at radius 3 is 2.24 bits per heavy atom. The van der Waals surface area contributed by atoms with E-state index in [1.54, 1.807) is 0 Å². The number of aromatic nitrogens is 1. The lowest BCUT2D eigenvalue weighted by Crippen LogP contribution is -2.39. The molecule has 112 valence electrons. The van der Waals surface area contributed by atoms with Gasteiger partial charge in [-0.3, -0.25) is 24.5 Å². The van der Waals surface area contributed by atoms with Gasteiger partial charge < -0.3 is 15.1 Å². The molecule has 0 unspecified atom stereocenters. The van der Waals surface area contributed by atoms with Crippen LogP contribution in [0, 0.1) is 10.1 Å². The molecule has 1 heterocycles. The van der Waals surface area contributed by atoms with Gasteiger partial charge in [-0.15, -0.1) is 0 Å². The molecule has 10 nitrogen and oxygen atoms in total. The molecular formula is C10H8ClN3O7. The highest BCUT2D eigenvalue weighted by molar-refractivity contribution is 6.32. The Morgan fingerprint density at radius 1 is 1.29 bits per heavy atom. The van der Waals surface area contributed by atoms with Crippen molar-refractivity contribution >= 4 is 35.1 Å². The van der Waals surface area contributed by atoms with Crippen LogP contribution >= 0.6 is 11.6 Å². The second-order valence-electron chi connectivity index (χ2n) is 3.74. The maximum Gasteiger partial charge on any atom is 0.323 e. The van der Waals surface area contributed by atoms with E-state index in [4.69, 9.17) is 21.8 Å². The normalized spacial score (nSPS) is 9.95. The lowest BCUT2D eigenvalue weighted by molar-refractivity contribution is -0.385. The summed E-state index contributed by atoms with van der Waals surface area (Å²) in [4.78, 5) is 47.1. The van der Waals surface area contributed by atoms with E-state index in [1.165, 1.54) is 0 Å². The molecule has 1 amide bonds. The Labute approximate surface area is 121 Å². The van der Waals surface area contributed by atoms with Crippen LogP contribution in [0.5, 0.6) is 0 Å². The topological polar surface area (TPSA) is 151 Å². The highest BCUT2D eigenvalue weighted by Crippen LogP contribution is 2.20. The van der Waals surface area contributed by atoms with E-state index in [9.17, 15) is 24.5 Å². The van der Waals surface area contributed by atoms with E-state index < -0.39 is 52.3 Å². The van der Waals surface area contributed by atoms with Crippen LogP contribution in [0.1, 0.15) is 10.4 Å². The van der Waals surface area contributed by atoms with Crippen molar-refractivity contribution in [3.8, 4) is 0 Å². The third-order valence-electron chi connectivity index (χ3n) is 2.21. The zero-order valence-corrected chi connectivity index (χ0v) is 11.0. The van der Waals surface area contributed by atoms with Crippen molar-refractivity contribution in [3.05, 3.63) is 33.1 Å². The van der Waals surface area contributed by atoms with Crippen molar-refractivity contribution < 1.29 is 29.5 Å². The molecule has 0 fully saturated rings. The Bertz CT molecular complexity index is 603. The predicted octanol–water partition coefficient (Wildman–Crippen LogP) is 0.255. The number of carbonyl (C=O) groups excluding carboxylic acids is 1. The summed E-state index contributed by atoms with van der Waals surface area (Å²) in [6.07, 6.45) is 0.817. The fourth-order valence-electron chi connectivity index (χ4n) is 1.38. The Hall–Kier alpha value is -2.75. The smallest absolute Gasteiger partial charge is 0.323 e. The standard InChI is InChI=1S/C10H8ClN3O7/c11-9-6(1-5(2-12-9)14(20)21)10(19)13(3-7(15)16)4-8(17)18/h1-2H,3-4H2,(H,15,16)(H,17,18). The summed E-state index contributed by atoms with van der Waals surface area (Å²) in [5, 5.41) is 27.5. The van der Waals surface area contributed by atoms with Gasteiger partial charge in [-0.05, 0) is 0 Å². The number of hydrogen-bond donors (Lipinski definition) is 2. The van der Waals surface area contributed by atoms with Crippen molar-refractivity contribution in [2.24, 2.45) is 0 Å². The fourth-order valence-corrected chi connectivity index (χ4v) is 1.57. The fraction of sp³-hybridized carbons (Fsp3) is 0.200. The highest BCUT2D eigenvalue weighted by Gasteiger charge is 2.25. The lowest BCUT2D eigenvalue weighted by atomic mass is 10.2. The van der Waals surface area contributed by atoms with Crippen molar-refractivity contribution in [3.63, 3.8) is 0 Å².